The molecular weight excluding hydrogens is 230 g/mol. The molecule has 0 unspecified atom stereocenters. The molecule has 96 valence electrons. The molecule has 0 saturated carbocycles. The molecule has 18 heavy (non-hydrogen) atoms. The van der Waals surface area contributed by atoms with Gasteiger partial charge in [-0.25, -0.2) is 0 Å². The van der Waals surface area contributed by atoms with E-state index in [0.29, 0.717) is 17.2 Å². The Morgan fingerprint density at radius 3 is 2.78 bits per heavy atom. The Labute approximate surface area is 106 Å². The number of rotatable bonds is 6. The predicted octanol–water partition coefficient (Wildman–Crippen LogP) is 1.90. The normalized spacial score (nSPS) is 10.3. The highest BCUT2D eigenvalue weighted by Gasteiger charge is 2.05. The molecule has 0 aliphatic carbocycles. The van der Waals surface area contributed by atoms with Gasteiger partial charge in [0.25, 0.3) is 0 Å². The smallest absolute Gasteiger partial charge is 0.169 e. The van der Waals surface area contributed by atoms with E-state index >= 15 is 0 Å². The van der Waals surface area contributed by atoms with Crippen molar-refractivity contribution >= 4 is 0 Å². The fraction of sp³-hybridized carbons (Fsp3) is 0.308. The summed E-state index contributed by atoms with van der Waals surface area (Å²) in [6.07, 6.45) is 3.56. The first-order valence-electron chi connectivity index (χ1n) is 5.81. The molecule has 0 aliphatic heterocycles. The van der Waals surface area contributed by atoms with Gasteiger partial charge in [-0.1, -0.05) is 12.1 Å². The zero-order valence-electron chi connectivity index (χ0n) is 10.6. The summed E-state index contributed by atoms with van der Waals surface area (Å²) in [6.45, 7) is 1.68. The predicted molar refractivity (Wildman–Crippen MR) is 69.2 cm³/mol. The Bertz CT molecular complexity index is 496. The van der Waals surface area contributed by atoms with Crippen molar-refractivity contribution in [1.29, 1.82) is 0 Å². The summed E-state index contributed by atoms with van der Waals surface area (Å²) in [5.41, 5.74) is 0. The van der Waals surface area contributed by atoms with Crippen LogP contribution in [0.3, 0.4) is 0 Å². The van der Waals surface area contributed by atoms with Gasteiger partial charge in [-0.05, 0) is 19.2 Å². The minimum atomic E-state index is 0.688. The van der Waals surface area contributed by atoms with Crippen LogP contribution in [-0.4, -0.2) is 30.5 Å². The second-order valence-corrected chi connectivity index (χ2v) is 3.80. The van der Waals surface area contributed by atoms with Crippen molar-refractivity contribution in [3.63, 3.8) is 0 Å². The van der Waals surface area contributed by atoms with Crippen LogP contribution < -0.4 is 14.8 Å². The first-order chi connectivity index (χ1) is 8.83. The maximum atomic E-state index is 5.73. The first-order valence-corrected chi connectivity index (χ1v) is 5.81. The lowest BCUT2D eigenvalue weighted by atomic mass is 10.3. The van der Waals surface area contributed by atoms with Crippen molar-refractivity contribution in [1.82, 2.24) is 15.1 Å². The summed E-state index contributed by atoms with van der Waals surface area (Å²) in [5, 5.41) is 7.29. The van der Waals surface area contributed by atoms with Crippen molar-refractivity contribution in [2.45, 2.75) is 6.54 Å². The number of methoxy groups -OCH3 is 1. The Morgan fingerprint density at radius 2 is 2.06 bits per heavy atom. The molecule has 0 saturated heterocycles. The third-order valence-corrected chi connectivity index (χ3v) is 2.50. The van der Waals surface area contributed by atoms with Gasteiger partial charge >= 0.3 is 0 Å². The lowest BCUT2D eigenvalue weighted by Gasteiger charge is -2.07. The Balaban J connectivity index is 2.06. The van der Waals surface area contributed by atoms with E-state index in [1.54, 1.807) is 13.3 Å². The molecule has 2 rings (SSSR count). The van der Waals surface area contributed by atoms with Crippen LogP contribution in [0.25, 0.3) is 0 Å². The molecule has 0 amide bonds. The van der Waals surface area contributed by atoms with Gasteiger partial charge in [-0.2, -0.15) is 5.10 Å². The van der Waals surface area contributed by atoms with Gasteiger partial charge in [0.15, 0.2) is 17.2 Å². The van der Waals surface area contributed by atoms with Crippen molar-refractivity contribution in [3.05, 3.63) is 36.7 Å². The third-order valence-electron chi connectivity index (χ3n) is 2.50. The van der Waals surface area contributed by atoms with Gasteiger partial charge in [-0.15, -0.1) is 0 Å². The van der Waals surface area contributed by atoms with Crippen LogP contribution in [0, 0.1) is 0 Å². The maximum Gasteiger partial charge on any atom is 0.169 e. The van der Waals surface area contributed by atoms with Crippen LogP contribution in [0.15, 0.2) is 36.7 Å². The molecule has 1 heterocycles. The summed E-state index contributed by atoms with van der Waals surface area (Å²) in [7, 11) is 3.54. The number of nitrogens with zero attached hydrogens (tertiary/aromatic N) is 2. The van der Waals surface area contributed by atoms with Crippen molar-refractivity contribution in [2.75, 3.05) is 20.7 Å². The van der Waals surface area contributed by atoms with E-state index in [0.717, 1.165) is 13.1 Å². The highest BCUT2D eigenvalue weighted by atomic mass is 16.5. The van der Waals surface area contributed by atoms with Gasteiger partial charge in [0.2, 0.25) is 0 Å². The average molecular weight is 247 g/mol. The molecule has 0 atom stereocenters. The molecular formula is C13H17N3O2. The van der Waals surface area contributed by atoms with Gasteiger partial charge < -0.3 is 14.8 Å². The molecule has 0 fully saturated rings. The Kier molecular flexibility index (Phi) is 4.20. The van der Waals surface area contributed by atoms with Gasteiger partial charge in [0.1, 0.15) is 0 Å². The average Bonchev–Trinajstić information content (AvgIpc) is 2.84. The molecule has 1 N–H and O–H groups in total. The van der Waals surface area contributed by atoms with Crippen LogP contribution >= 0.6 is 0 Å². The van der Waals surface area contributed by atoms with Crippen LogP contribution in [0.5, 0.6) is 17.2 Å². The van der Waals surface area contributed by atoms with Crippen molar-refractivity contribution in [3.8, 4) is 17.2 Å². The zero-order valence-corrected chi connectivity index (χ0v) is 10.6. The Morgan fingerprint density at radius 1 is 1.28 bits per heavy atom. The zero-order chi connectivity index (χ0) is 12.8. The van der Waals surface area contributed by atoms with E-state index in [1.807, 2.05) is 42.2 Å². The largest absolute Gasteiger partial charge is 0.493 e. The molecule has 5 heteroatoms. The third kappa shape index (κ3) is 3.01. The van der Waals surface area contributed by atoms with E-state index in [9.17, 15) is 0 Å². The van der Waals surface area contributed by atoms with E-state index in [1.165, 1.54) is 0 Å². The molecule has 0 bridgehead atoms. The monoisotopic (exact) mass is 247 g/mol. The number of hydrogen-bond donors (Lipinski definition) is 1. The molecule has 0 aliphatic rings. The number of nitrogens with one attached hydrogen (secondary N) is 1. The van der Waals surface area contributed by atoms with Crippen molar-refractivity contribution < 1.29 is 9.47 Å². The van der Waals surface area contributed by atoms with Gasteiger partial charge in [-0.3, -0.25) is 4.68 Å². The standard InChI is InChI=1S/C13H17N3O2/c1-14-7-8-16-10-11(9-15-16)18-13-6-4-3-5-12(13)17-2/h3-6,9-10,14H,7-8H2,1-2H3. The van der Waals surface area contributed by atoms with Gasteiger partial charge in [0.05, 0.1) is 26.0 Å². The second kappa shape index (κ2) is 6.07. The molecule has 1 aromatic carbocycles. The summed E-state index contributed by atoms with van der Waals surface area (Å²) >= 11 is 0. The number of likely N-dealkylation sites (N-methyl/N-ethyl adjacent to an activating group) is 1. The summed E-state index contributed by atoms with van der Waals surface area (Å²) in [6, 6.07) is 7.54. The van der Waals surface area contributed by atoms with E-state index in [-0.39, 0.29) is 0 Å². The van der Waals surface area contributed by atoms with E-state index in [2.05, 4.69) is 10.4 Å². The Hall–Kier alpha value is -2.01. The summed E-state index contributed by atoms with van der Waals surface area (Å²) < 4.78 is 12.8. The molecule has 0 spiro atoms. The van der Waals surface area contributed by atoms with Gasteiger partial charge in [0, 0.05) is 6.54 Å². The number of ether oxygens (including phenoxy) is 2. The summed E-state index contributed by atoms with van der Waals surface area (Å²) in [4.78, 5) is 0. The lowest BCUT2D eigenvalue weighted by Crippen LogP contribution is -2.14. The highest BCUT2D eigenvalue weighted by molar-refractivity contribution is 5.41. The van der Waals surface area contributed by atoms with Crippen molar-refractivity contribution in [2.24, 2.45) is 0 Å². The minimum Gasteiger partial charge on any atom is -0.493 e. The number of hydrogen-bond acceptors (Lipinski definition) is 4. The number of para-hydroxylation sites is 2. The second-order valence-electron chi connectivity index (χ2n) is 3.80. The van der Waals surface area contributed by atoms with Crippen LogP contribution in [0.2, 0.25) is 0 Å². The number of benzene rings is 1. The fourth-order valence-corrected chi connectivity index (χ4v) is 1.58. The fourth-order valence-electron chi connectivity index (χ4n) is 1.58. The molecule has 2 aromatic rings. The topological polar surface area (TPSA) is 48.3 Å². The van der Waals surface area contributed by atoms with Crippen LogP contribution in [-0.2, 0) is 6.54 Å². The van der Waals surface area contributed by atoms with Crippen LogP contribution in [0.1, 0.15) is 0 Å². The van der Waals surface area contributed by atoms with E-state index < -0.39 is 0 Å². The lowest BCUT2D eigenvalue weighted by molar-refractivity contribution is 0.378. The maximum absolute atomic E-state index is 5.73. The summed E-state index contributed by atoms with van der Waals surface area (Å²) in [5.74, 6) is 2.10. The molecule has 1 aromatic heterocycles. The number of aromatic nitrogens is 2. The first kappa shape index (κ1) is 12.4. The van der Waals surface area contributed by atoms with E-state index in [4.69, 9.17) is 9.47 Å². The molecule has 5 nitrogen and oxygen atoms in total. The molecule has 0 radical (unpaired) electrons. The quantitative estimate of drug-likeness (QED) is 0.847. The highest BCUT2D eigenvalue weighted by Crippen LogP contribution is 2.30. The van der Waals surface area contributed by atoms with Crippen LogP contribution in [0.4, 0.5) is 0 Å². The minimum absolute atomic E-state index is 0.688. The SMILES string of the molecule is CNCCn1cc(Oc2ccccc2OC)cn1.